The number of hydrogen-bond acceptors (Lipinski definition) is 4. The van der Waals surface area contributed by atoms with Crippen molar-refractivity contribution in [3.05, 3.63) is 95.7 Å². The zero-order valence-corrected chi connectivity index (χ0v) is 23.2. The van der Waals surface area contributed by atoms with Crippen LogP contribution in [0.2, 0.25) is 0 Å². The Balaban J connectivity index is 1.31. The zero-order chi connectivity index (χ0) is 28.1. The third kappa shape index (κ3) is 4.03. The summed E-state index contributed by atoms with van der Waals surface area (Å²) in [5, 5.41) is 15.0. The first-order chi connectivity index (χ1) is 20.1. The number of aliphatic hydroxyl groups is 1. The van der Waals surface area contributed by atoms with E-state index in [0.29, 0.717) is 17.1 Å². The van der Waals surface area contributed by atoms with E-state index in [1.165, 1.54) is 0 Å². The summed E-state index contributed by atoms with van der Waals surface area (Å²) in [6, 6.07) is 23.9. The predicted molar refractivity (Wildman–Crippen MR) is 160 cm³/mol. The monoisotopic (exact) mass is 547 g/mol. The van der Waals surface area contributed by atoms with Crippen LogP contribution < -0.4 is 14.8 Å². The van der Waals surface area contributed by atoms with Crippen molar-refractivity contribution in [1.82, 2.24) is 14.9 Å². The van der Waals surface area contributed by atoms with Crippen molar-refractivity contribution in [1.29, 1.82) is 0 Å². The quantitative estimate of drug-likeness (QED) is 0.233. The van der Waals surface area contributed by atoms with Crippen LogP contribution in [0.5, 0.6) is 11.5 Å². The van der Waals surface area contributed by atoms with Crippen LogP contribution in [0.15, 0.2) is 79.0 Å². The maximum Gasteiger partial charge on any atom is 0.253 e. The minimum absolute atomic E-state index is 0.140. The number of nitrogens with one attached hydrogen (secondary N) is 2. The standard InChI is InChI=1S/C34H33N3O4/c1-40-29-16-22-12-15-37-28(24(22)18-30(29)41-2)17-25(32(37)21-8-4-3-5-9-21)33(39)36-31(20-38)34(13-14-34)26-19-35-27-11-7-6-10-23(26)27/h3-11,16-19,31,35,38H,12-15,20H2,1-2H3,(H,36,39). The van der Waals surface area contributed by atoms with E-state index in [4.69, 9.17) is 9.47 Å². The summed E-state index contributed by atoms with van der Waals surface area (Å²) in [6.07, 6.45) is 4.67. The Morgan fingerprint density at radius 3 is 2.49 bits per heavy atom. The smallest absolute Gasteiger partial charge is 0.253 e. The van der Waals surface area contributed by atoms with Gasteiger partial charge in [-0.25, -0.2) is 0 Å². The molecule has 208 valence electrons. The molecule has 0 saturated heterocycles. The number of methoxy groups -OCH3 is 2. The Kier molecular flexibility index (Phi) is 6.12. The number of aromatic amines is 1. The third-order valence-electron chi connectivity index (χ3n) is 8.95. The molecule has 1 amide bonds. The maximum absolute atomic E-state index is 14.2. The number of aryl methyl sites for hydroxylation is 1. The van der Waals surface area contributed by atoms with Crippen LogP contribution in [-0.2, 0) is 18.4 Å². The molecule has 41 heavy (non-hydrogen) atoms. The Morgan fingerprint density at radius 1 is 1.02 bits per heavy atom. The van der Waals surface area contributed by atoms with E-state index in [1.54, 1.807) is 14.2 Å². The first kappa shape index (κ1) is 25.5. The van der Waals surface area contributed by atoms with Crippen LogP contribution in [-0.4, -0.2) is 47.4 Å². The lowest BCUT2D eigenvalue weighted by atomic mass is 9.87. The lowest BCUT2D eigenvalue weighted by molar-refractivity contribution is 0.0900. The fraction of sp³-hybridized carbons (Fsp3) is 0.265. The highest BCUT2D eigenvalue weighted by Gasteiger charge is 2.52. The van der Waals surface area contributed by atoms with Gasteiger partial charge in [0.05, 0.1) is 38.1 Å². The van der Waals surface area contributed by atoms with Gasteiger partial charge in [0.25, 0.3) is 5.91 Å². The number of benzene rings is 3. The fourth-order valence-corrected chi connectivity index (χ4v) is 6.70. The predicted octanol–water partition coefficient (Wildman–Crippen LogP) is 5.70. The lowest BCUT2D eigenvalue weighted by Gasteiger charge is -2.27. The van der Waals surface area contributed by atoms with Gasteiger partial charge in [-0.2, -0.15) is 0 Å². The summed E-state index contributed by atoms with van der Waals surface area (Å²) in [7, 11) is 3.28. The summed E-state index contributed by atoms with van der Waals surface area (Å²) in [4.78, 5) is 17.6. The molecule has 0 spiro atoms. The molecular formula is C34H33N3O4. The van der Waals surface area contributed by atoms with Crippen molar-refractivity contribution in [2.45, 2.75) is 37.3 Å². The Labute approximate surface area is 238 Å². The number of amides is 1. The number of carbonyl (C=O) groups is 1. The Morgan fingerprint density at radius 2 is 1.76 bits per heavy atom. The molecule has 5 aromatic rings. The number of hydrogen-bond donors (Lipinski definition) is 3. The molecule has 1 saturated carbocycles. The molecule has 3 aromatic carbocycles. The van der Waals surface area contributed by atoms with Gasteiger partial charge in [-0.15, -0.1) is 0 Å². The topological polar surface area (TPSA) is 88.5 Å². The number of ether oxygens (including phenoxy) is 2. The van der Waals surface area contributed by atoms with Crippen molar-refractivity contribution in [2.75, 3.05) is 20.8 Å². The number of fused-ring (bicyclic) bond motifs is 4. The van der Waals surface area contributed by atoms with Crippen LogP contribution in [0.4, 0.5) is 0 Å². The molecule has 2 aliphatic rings. The summed E-state index contributed by atoms with van der Waals surface area (Å²) in [5.74, 6) is 1.17. The SMILES string of the molecule is COc1cc2c(cc1OC)-c1cc(C(=O)NC(CO)C3(c4c[nH]c5ccccc45)CC3)c(-c3ccccc3)n1CC2. The number of nitrogens with zero attached hydrogens (tertiary/aromatic N) is 1. The highest BCUT2D eigenvalue weighted by Crippen LogP contribution is 2.53. The normalized spacial score (nSPS) is 15.6. The minimum atomic E-state index is -0.411. The van der Waals surface area contributed by atoms with E-state index in [0.717, 1.165) is 70.4 Å². The van der Waals surface area contributed by atoms with Crippen molar-refractivity contribution in [3.8, 4) is 34.0 Å². The maximum atomic E-state index is 14.2. The first-order valence-corrected chi connectivity index (χ1v) is 14.1. The number of aliphatic hydroxyl groups excluding tert-OH is 1. The molecule has 7 nitrogen and oxygen atoms in total. The van der Waals surface area contributed by atoms with Crippen molar-refractivity contribution < 1.29 is 19.4 Å². The Hall–Kier alpha value is -4.49. The van der Waals surface area contributed by atoms with E-state index in [1.807, 2.05) is 66.9 Å². The highest BCUT2D eigenvalue weighted by molar-refractivity contribution is 6.03. The lowest BCUT2D eigenvalue weighted by Crippen LogP contribution is -2.46. The molecule has 1 fully saturated rings. The van der Waals surface area contributed by atoms with E-state index < -0.39 is 6.04 Å². The molecule has 7 rings (SSSR count). The molecule has 1 aliphatic carbocycles. The van der Waals surface area contributed by atoms with Crippen LogP contribution in [0.1, 0.15) is 34.3 Å². The average Bonchev–Trinajstić information content (AvgIpc) is 3.53. The van der Waals surface area contributed by atoms with Crippen molar-refractivity contribution >= 4 is 16.8 Å². The van der Waals surface area contributed by atoms with Gasteiger partial charge in [-0.1, -0.05) is 48.5 Å². The molecule has 1 aliphatic heterocycles. The molecule has 1 atom stereocenters. The number of rotatable bonds is 8. The summed E-state index contributed by atoms with van der Waals surface area (Å²) >= 11 is 0. The van der Waals surface area contributed by atoms with Gasteiger partial charge in [0.2, 0.25) is 0 Å². The minimum Gasteiger partial charge on any atom is -0.493 e. The van der Waals surface area contributed by atoms with E-state index in [-0.39, 0.29) is 17.9 Å². The first-order valence-electron chi connectivity index (χ1n) is 14.1. The molecule has 2 aromatic heterocycles. The average molecular weight is 548 g/mol. The molecule has 3 N–H and O–H groups in total. The number of aromatic nitrogens is 2. The van der Waals surface area contributed by atoms with E-state index in [9.17, 15) is 9.90 Å². The van der Waals surface area contributed by atoms with Gasteiger partial charge >= 0.3 is 0 Å². The van der Waals surface area contributed by atoms with Gasteiger partial charge in [0.1, 0.15) is 0 Å². The summed E-state index contributed by atoms with van der Waals surface area (Å²) < 4.78 is 13.4. The highest BCUT2D eigenvalue weighted by atomic mass is 16.5. The van der Waals surface area contributed by atoms with Crippen molar-refractivity contribution in [2.24, 2.45) is 0 Å². The second-order valence-electron chi connectivity index (χ2n) is 11.0. The zero-order valence-electron chi connectivity index (χ0n) is 23.2. The van der Waals surface area contributed by atoms with Crippen LogP contribution >= 0.6 is 0 Å². The largest absolute Gasteiger partial charge is 0.493 e. The van der Waals surface area contributed by atoms with E-state index in [2.05, 4.69) is 27.0 Å². The second kappa shape index (κ2) is 9.85. The molecule has 0 bridgehead atoms. The summed E-state index contributed by atoms with van der Waals surface area (Å²) in [6.45, 7) is 0.595. The van der Waals surface area contributed by atoms with E-state index >= 15 is 0 Å². The number of para-hydroxylation sites is 1. The Bertz CT molecular complexity index is 1760. The van der Waals surface area contributed by atoms with Crippen molar-refractivity contribution in [3.63, 3.8) is 0 Å². The summed E-state index contributed by atoms with van der Waals surface area (Å²) in [5.41, 5.74) is 7.53. The van der Waals surface area contributed by atoms with Gasteiger partial charge in [0, 0.05) is 40.3 Å². The van der Waals surface area contributed by atoms with Crippen LogP contribution in [0.3, 0.4) is 0 Å². The molecule has 1 unspecified atom stereocenters. The fourth-order valence-electron chi connectivity index (χ4n) is 6.70. The number of carbonyl (C=O) groups excluding carboxylic acids is 1. The molecular weight excluding hydrogens is 514 g/mol. The third-order valence-corrected chi connectivity index (χ3v) is 8.95. The van der Waals surface area contributed by atoms with Gasteiger partial charge in [-0.3, -0.25) is 4.79 Å². The molecule has 7 heteroatoms. The van der Waals surface area contributed by atoms with Gasteiger partial charge in [-0.05, 0) is 60.2 Å². The molecule has 3 heterocycles. The van der Waals surface area contributed by atoms with Gasteiger partial charge in [0.15, 0.2) is 11.5 Å². The van der Waals surface area contributed by atoms with Crippen LogP contribution in [0.25, 0.3) is 33.4 Å². The van der Waals surface area contributed by atoms with Crippen LogP contribution in [0, 0.1) is 0 Å². The number of H-pyrrole nitrogens is 1. The molecule has 0 radical (unpaired) electrons. The van der Waals surface area contributed by atoms with Gasteiger partial charge < -0.3 is 29.4 Å². The second-order valence-corrected chi connectivity index (χ2v) is 11.0.